The van der Waals surface area contributed by atoms with E-state index >= 15 is 0 Å². The Balaban J connectivity index is 1.89. The molecule has 4 nitrogen and oxygen atoms in total. The average Bonchev–Trinajstić information content (AvgIpc) is 3.30. The van der Waals surface area contributed by atoms with Crippen LogP contribution in [0.4, 0.5) is 13.2 Å². The summed E-state index contributed by atoms with van der Waals surface area (Å²) in [5, 5.41) is 3.01. The number of rotatable bonds is 5. The van der Waals surface area contributed by atoms with Crippen molar-refractivity contribution in [3.05, 3.63) is 23.3 Å². The third-order valence-corrected chi connectivity index (χ3v) is 6.26. The molecule has 1 heterocycles. The number of carbonyl (C=O) groups is 1. The second-order valence-corrected chi connectivity index (χ2v) is 7.89. The van der Waals surface area contributed by atoms with E-state index in [2.05, 4.69) is 10.2 Å². The maximum Gasteiger partial charge on any atom is 0.419 e. The van der Waals surface area contributed by atoms with E-state index in [1.165, 1.54) is 24.9 Å². The molecule has 1 saturated carbocycles. The van der Waals surface area contributed by atoms with E-state index in [4.69, 9.17) is 4.74 Å². The number of amides is 1. The lowest BCUT2D eigenvalue weighted by Gasteiger charge is -2.30. The van der Waals surface area contributed by atoms with Gasteiger partial charge in [0.1, 0.15) is 5.75 Å². The van der Waals surface area contributed by atoms with Crippen LogP contribution in [0.2, 0.25) is 0 Å². The third kappa shape index (κ3) is 4.21. The number of benzene rings is 1. The van der Waals surface area contributed by atoms with E-state index in [-0.39, 0.29) is 17.6 Å². The fourth-order valence-corrected chi connectivity index (χ4v) is 4.84. The normalized spacial score (nSPS) is 23.6. The molecule has 2 aliphatic rings. The first kappa shape index (κ1) is 20.3. The van der Waals surface area contributed by atoms with Crippen LogP contribution < -0.4 is 10.1 Å². The second-order valence-electron chi connectivity index (χ2n) is 7.04. The standard InChI is InChI=1S/C19H25F3N2O2S/c1-26-17-12(19(20,21)22)8-9-15(27-2)16(17)18(25)23-13-6-5-7-14(13)24-10-3-4-11-24/h8-9,13-14H,3-7,10-11H2,1-2H3,(H,23,25). The number of thioether (sulfide) groups is 1. The van der Waals surface area contributed by atoms with Crippen LogP contribution in [0.25, 0.3) is 0 Å². The van der Waals surface area contributed by atoms with Crippen molar-refractivity contribution < 1.29 is 22.7 Å². The predicted molar refractivity (Wildman–Crippen MR) is 99.5 cm³/mol. The molecule has 1 aliphatic heterocycles. The summed E-state index contributed by atoms with van der Waals surface area (Å²) < 4.78 is 45.1. The minimum Gasteiger partial charge on any atom is -0.495 e. The van der Waals surface area contributed by atoms with Gasteiger partial charge in [0.2, 0.25) is 0 Å². The van der Waals surface area contributed by atoms with Crippen LogP contribution >= 0.6 is 11.8 Å². The zero-order chi connectivity index (χ0) is 19.6. The third-order valence-electron chi connectivity index (χ3n) is 5.48. The molecule has 3 rings (SSSR count). The summed E-state index contributed by atoms with van der Waals surface area (Å²) in [7, 11) is 1.17. The molecule has 0 radical (unpaired) electrons. The molecule has 2 unspecified atom stereocenters. The minimum atomic E-state index is -4.58. The fourth-order valence-electron chi connectivity index (χ4n) is 4.24. The largest absolute Gasteiger partial charge is 0.495 e. The Bertz CT molecular complexity index is 690. The van der Waals surface area contributed by atoms with Crippen LogP contribution in [0.15, 0.2) is 17.0 Å². The van der Waals surface area contributed by atoms with Gasteiger partial charge in [-0.2, -0.15) is 13.2 Å². The summed E-state index contributed by atoms with van der Waals surface area (Å²) in [6.07, 6.45) is 2.36. The second kappa shape index (κ2) is 8.31. The molecule has 2 fully saturated rings. The first-order valence-electron chi connectivity index (χ1n) is 9.24. The Morgan fingerprint density at radius 3 is 2.52 bits per heavy atom. The van der Waals surface area contributed by atoms with Crippen LogP contribution in [-0.4, -0.2) is 49.3 Å². The van der Waals surface area contributed by atoms with E-state index < -0.39 is 23.4 Å². The molecule has 27 heavy (non-hydrogen) atoms. The summed E-state index contributed by atoms with van der Waals surface area (Å²) >= 11 is 1.24. The summed E-state index contributed by atoms with van der Waals surface area (Å²) in [5.41, 5.74) is -0.942. The maximum atomic E-state index is 13.4. The molecule has 1 aromatic carbocycles. The van der Waals surface area contributed by atoms with Crippen molar-refractivity contribution in [3.63, 3.8) is 0 Å². The summed E-state index contributed by atoms with van der Waals surface area (Å²) in [5.74, 6) is -0.888. The molecule has 1 amide bonds. The molecule has 1 saturated heterocycles. The number of likely N-dealkylation sites (tertiary alicyclic amines) is 1. The number of hydrogen-bond acceptors (Lipinski definition) is 4. The molecule has 1 aromatic rings. The lowest BCUT2D eigenvalue weighted by Crippen LogP contribution is -2.48. The smallest absolute Gasteiger partial charge is 0.419 e. The number of alkyl halides is 3. The van der Waals surface area contributed by atoms with Gasteiger partial charge in [0.05, 0.1) is 18.2 Å². The van der Waals surface area contributed by atoms with E-state index in [9.17, 15) is 18.0 Å². The van der Waals surface area contributed by atoms with Crippen molar-refractivity contribution in [2.24, 2.45) is 0 Å². The SMILES string of the molecule is COc1c(C(F)(F)F)ccc(SC)c1C(=O)NC1CCCC1N1CCCC1. The first-order chi connectivity index (χ1) is 12.9. The molecule has 1 N–H and O–H groups in total. The van der Waals surface area contributed by atoms with Crippen LogP contribution in [-0.2, 0) is 6.18 Å². The molecule has 150 valence electrons. The quantitative estimate of drug-likeness (QED) is 0.750. The van der Waals surface area contributed by atoms with Gasteiger partial charge in [0.25, 0.3) is 5.91 Å². The van der Waals surface area contributed by atoms with Crippen molar-refractivity contribution in [2.75, 3.05) is 26.5 Å². The number of ether oxygens (including phenoxy) is 1. The van der Waals surface area contributed by atoms with Crippen LogP contribution in [0.5, 0.6) is 5.75 Å². The van der Waals surface area contributed by atoms with Crippen molar-refractivity contribution in [1.82, 2.24) is 10.2 Å². The predicted octanol–water partition coefficient (Wildman–Crippen LogP) is 4.18. The van der Waals surface area contributed by atoms with E-state index in [0.717, 1.165) is 51.3 Å². The summed E-state index contributed by atoms with van der Waals surface area (Å²) in [4.78, 5) is 15.9. The van der Waals surface area contributed by atoms with E-state index in [0.29, 0.717) is 4.90 Å². The minimum absolute atomic E-state index is 0.0214. The van der Waals surface area contributed by atoms with Gasteiger partial charge in [-0.15, -0.1) is 11.8 Å². The first-order valence-corrected chi connectivity index (χ1v) is 10.5. The molecule has 8 heteroatoms. The number of hydrogen-bond donors (Lipinski definition) is 1. The van der Waals surface area contributed by atoms with Crippen LogP contribution in [0, 0.1) is 0 Å². The number of carbonyl (C=O) groups excluding carboxylic acids is 1. The zero-order valence-corrected chi connectivity index (χ0v) is 16.4. The highest BCUT2D eigenvalue weighted by Gasteiger charge is 2.39. The highest BCUT2D eigenvalue weighted by Crippen LogP contribution is 2.41. The molecule has 2 atom stereocenters. The Hall–Kier alpha value is -1.41. The molecular formula is C19H25F3N2O2S. The lowest BCUT2D eigenvalue weighted by molar-refractivity contribution is -0.138. The lowest BCUT2D eigenvalue weighted by atomic mass is 10.1. The fraction of sp³-hybridized carbons (Fsp3) is 0.632. The topological polar surface area (TPSA) is 41.6 Å². The number of methoxy groups -OCH3 is 1. The molecule has 0 aromatic heterocycles. The van der Waals surface area contributed by atoms with E-state index in [1.807, 2.05) is 0 Å². The van der Waals surface area contributed by atoms with Crippen molar-refractivity contribution in [3.8, 4) is 5.75 Å². The van der Waals surface area contributed by atoms with Gasteiger partial charge in [-0.05, 0) is 63.6 Å². The van der Waals surface area contributed by atoms with Gasteiger partial charge in [-0.1, -0.05) is 0 Å². The van der Waals surface area contributed by atoms with Crippen LogP contribution in [0.3, 0.4) is 0 Å². The van der Waals surface area contributed by atoms with Gasteiger partial charge < -0.3 is 10.1 Å². The van der Waals surface area contributed by atoms with E-state index in [1.54, 1.807) is 6.26 Å². The summed E-state index contributed by atoms with van der Waals surface area (Å²) in [6, 6.07) is 2.55. The van der Waals surface area contributed by atoms with Gasteiger partial charge in [-0.3, -0.25) is 9.69 Å². The number of halogens is 3. The Kier molecular flexibility index (Phi) is 6.25. The van der Waals surface area contributed by atoms with Gasteiger partial charge in [0.15, 0.2) is 0 Å². The Morgan fingerprint density at radius 1 is 1.22 bits per heavy atom. The van der Waals surface area contributed by atoms with Gasteiger partial charge in [0, 0.05) is 17.0 Å². The highest BCUT2D eigenvalue weighted by atomic mass is 32.2. The molecule has 1 aliphatic carbocycles. The average molecular weight is 402 g/mol. The van der Waals surface area contributed by atoms with Crippen molar-refractivity contribution >= 4 is 17.7 Å². The van der Waals surface area contributed by atoms with Crippen LogP contribution in [0.1, 0.15) is 48.0 Å². The molecule has 0 spiro atoms. The van der Waals surface area contributed by atoms with Gasteiger partial charge in [-0.25, -0.2) is 0 Å². The van der Waals surface area contributed by atoms with Gasteiger partial charge >= 0.3 is 6.18 Å². The molecule has 0 bridgehead atoms. The monoisotopic (exact) mass is 402 g/mol. The number of nitrogens with zero attached hydrogens (tertiary/aromatic N) is 1. The highest BCUT2D eigenvalue weighted by molar-refractivity contribution is 7.98. The molecular weight excluding hydrogens is 377 g/mol. The van der Waals surface area contributed by atoms with Crippen molar-refractivity contribution in [1.29, 1.82) is 0 Å². The summed E-state index contributed by atoms with van der Waals surface area (Å²) in [6.45, 7) is 2.06. The number of nitrogens with one attached hydrogen (secondary N) is 1. The Morgan fingerprint density at radius 2 is 1.93 bits per heavy atom. The van der Waals surface area contributed by atoms with Crippen molar-refractivity contribution in [2.45, 2.75) is 55.3 Å². The zero-order valence-electron chi connectivity index (χ0n) is 15.6. The maximum absolute atomic E-state index is 13.4. The Labute approximate surface area is 161 Å².